The molecule has 0 saturated carbocycles. The number of carbonyl (C=O) groups excluding carboxylic acids is 2. The molecule has 0 unspecified atom stereocenters. The average Bonchev–Trinajstić information content (AvgIpc) is 2.89. The van der Waals surface area contributed by atoms with Crippen LogP contribution in [-0.4, -0.2) is 43.8 Å². The third-order valence-corrected chi connectivity index (χ3v) is 6.44. The minimum atomic E-state index is -3.39. The SMILES string of the molecule is O=C(N[C@@H]1CS(=O)(=O)C[C@H]1NC(=O)c1ccc(Cl)cc1)c1ccc(Cl)cc1. The lowest BCUT2D eigenvalue weighted by Crippen LogP contribution is -2.51. The Balaban J connectivity index is 1.72. The molecule has 1 aliphatic heterocycles. The van der Waals surface area contributed by atoms with Gasteiger partial charge in [-0.25, -0.2) is 8.42 Å². The molecule has 1 saturated heterocycles. The number of hydrogen-bond acceptors (Lipinski definition) is 4. The lowest BCUT2D eigenvalue weighted by atomic mass is 10.1. The molecular weight excluding hydrogens is 411 g/mol. The molecule has 0 spiro atoms. The zero-order valence-electron chi connectivity index (χ0n) is 14.0. The quantitative estimate of drug-likeness (QED) is 0.784. The molecule has 0 aliphatic carbocycles. The number of amides is 2. The van der Waals surface area contributed by atoms with Gasteiger partial charge in [-0.2, -0.15) is 0 Å². The lowest BCUT2D eigenvalue weighted by Gasteiger charge is -2.21. The van der Waals surface area contributed by atoms with Crippen molar-refractivity contribution in [3.63, 3.8) is 0 Å². The van der Waals surface area contributed by atoms with E-state index >= 15 is 0 Å². The van der Waals surface area contributed by atoms with Gasteiger partial charge >= 0.3 is 0 Å². The molecule has 9 heteroatoms. The second-order valence-corrected chi connectivity index (χ2v) is 9.28. The average molecular weight is 427 g/mol. The van der Waals surface area contributed by atoms with Crippen LogP contribution < -0.4 is 10.6 Å². The molecule has 2 aromatic carbocycles. The van der Waals surface area contributed by atoms with Gasteiger partial charge in [-0.3, -0.25) is 9.59 Å². The van der Waals surface area contributed by atoms with Crippen LogP contribution >= 0.6 is 23.2 Å². The summed E-state index contributed by atoms with van der Waals surface area (Å²) < 4.78 is 24.1. The minimum absolute atomic E-state index is 0.238. The van der Waals surface area contributed by atoms with Crippen molar-refractivity contribution in [2.45, 2.75) is 12.1 Å². The maximum Gasteiger partial charge on any atom is 0.251 e. The maximum absolute atomic E-state index is 12.4. The van der Waals surface area contributed by atoms with Crippen molar-refractivity contribution in [3.05, 3.63) is 69.7 Å². The molecule has 0 radical (unpaired) electrons. The van der Waals surface area contributed by atoms with E-state index in [9.17, 15) is 18.0 Å². The topological polar surface area (TPSA) is 92.3 Å². The normalized spacial score (nSPS) is 20.8. The zero-order valence-corrected chi connectivity index (χ0v) is 16.3. The van der Waals surface area contributed by atoms with Gasteiger partial charge in [0.25, 0.3) is 11.8 Å². The molecule has 2 atom stereocenters. The summed E-state index contributed by atoms with van der Waals surface area (Å²) in [4.78, 5) is 24.8. The fourth-order valence-electron chi connectivity index (χ4n) is 2.84. The maximum atomic E-state index is 12.4. The van der Waals surface area contributed by atoms with Gasteiger partial charge in [0.1, 0.15) is 0 Å². The molecule has 1 heterocycles. The summed E-state index contributed by atoms with van der Waals surface area (Å²) in [6, 6.07) is 11.0. The van der Waals surface area contributed by atoms with Crippen LogP contribution in [0.25, 0.3) is 0 Å². The fourth-order valence-corrected chi connectivity index (χ4v) is 4.95. The van der Waals surface area contributed by atoms with Crippen molar-refractivity contribution in [1.82, 2.24) is 10.6 Å². The van der Waals surface area contributed by atoms with Gasteiger partial charge in [0.15, 0.2) is 9.84 Å². The van der Waals surface area contributed by atoms with Crippen molar-refractivity contribution in [2.75, 3.05) is 11.5 Å². The van der Waals surface area contributed by atoms with Crippen LogP contribution in [-0.2, 0) is 9.84 Å². The first-order valence-corrected chi connectivity index (χ1v) is 10.6. The van der Waals surface area contributed by atoms with E-state index in [1.807, 2.05) is 0 Å². The molecule has 3 rings (SSSR count). The molecule has 1 fully saturated rings. The summed E-state index contributed by atoms with van der Waals surface area (Å²) >= 11 is 11.6. The molecule has 0 bridgehead atoms. The van der Waals surface area contributed by atoms with Crippen molar-refractivity contribution >= 4 is 44.9 Å². The van der Waals surface area contributed by atoms with Gasteiger partial charge in [0.05, 0.1) is 23.6 Å². The van der Waals surface area contributed by atoms with Crippen molar-refractivity contribution in [3.8, 4) is 0 Å². The largest absolute Gasteiger partial charge is 0.346 e. The monoisotopic (exact) mass is 426 g/mol. The van der Waals surface area contributed by atoms with Crippen LogP contribution in [0.15, 0.2) is 48.5 Å². The highest BCUT2D eigenvalue weighted by Gasteiger charge is 2.39. The van der Waals surface area contributed by atoms with Crippen LogP contribution in [0, 0.1) is 0 Å². The van der Waals surface area contributed by atoms with Gasteiger partial charge in [-0.05, 0) is 48.5 Å². The van der Waals surface area contributed by atoms with Crippen molar-refractivity contribution < 1.29 is 18.0 Å². The second kappa shape index (κ2) is 7.88. The van der Waals surface area contributed by atoms with Gasteiger partial charge in [0.2, 0.25) is 0 Å². The summed E-state index contributed by atoms with van der Waals surface area (Å²) in [5.74, 6) is -1.34. The van der Waals surface area contributed by atoms with Crippen LogP contribution in [0.5, 0.6) is 0 Å². The number of nitrogens with one attached hydrogen (secondary N) is 2. The van der Waals surface area contributed by atoms with E-state index in [0.717, 1.165) is 0 Å². The number of hydrogen-bond donors (Lipinski definition) is 2. The minimum Gasteiger partial charge on any atom is -0.346 e. The Hall–Kier alpha value is -2.09. The Morgan fingerprint density at radius 1 is 0.741 bits per heavy atom. The van der Waals surface area contributed by atoms with E-state index in [-0.39, 0.29) is 11.5 Å². The molecule has 0 aromatic heterocycles. The predicted molar refractivity (Wildman–Crippen MR) is 104 cm³/mol. The first kappa shape index (κ1) is 19.7. The summed E-state index contributed by atoms with van der Waals surface area (Å²) in [6.45, 7) is 0. The standard InChI is InChI=1S/C18H16Cl2N2O4S/c19-13-5-1-11(2-6-13)17(23)21-15-9-27(25,26)10-16(15)22-18(24)12-3-7-14(20)8-4-12/h1-8,15-16H,9-10H2,(H,21,23)(H,22,24)/t15-,16-/m1/s1. The molecule has 142 valence electrons. The fraction of sp³-hybridized carbons (Fsp3) is 0.222. The molecule has 1 aliphatic rings. The Kier molecular flexibility index (Phi) is 5.74. The molecule has 2 amide bonds. The second-order valence-electron chi connectivity index (χ2n) is 6.25. The Bertz CT molecular complexity index is 886. The van der Waals surface area contributed by atoms with Gasteiger partial charge < -0.3 is 10.6 Å². The van der Waals surface area contributed by atoms with E-state index in [1.165, 1.54) is 0 Å². The Morgan fingerprint density at radius 2 is 1.07 bits per heavy atom. The van der Waals surface area contributed by atoms with Gasteiger partial charge in [0, 0.05) is 21.2 Å². The summed E-state index contributed by atoms with van der Waals surface area (Å²) in [6.07, 6.45) is 0. The Labute approximate surface area is 166 Å². The molecule has 27 heavy (non-hydrogen) atoms. The van der Waals surface area contributed by atoms with Gasteiger partial charge in [-0.15, -0.1) is 0 Å². The van der Waals surface area contributed by atoms with E-state index < -0.39 is 33.7 Å². The molecule has 2 N–H and O–H groups in total. The van der Waals surface area contributed by atoms with Gasteiger partial charge in [-0.1, -0.05) is 23.2 Å². The highest BCUT2D eigenvalue weighted by molar-refractivity contribution is 7.91. The van der Waals surface area contributed by atoms with Crippen LogP contribution in [0.4, 0.5) is 0 Å². The highest BCUT2D eigenvalue weighted by atomic mass is 35.5. The molecule has 6 nitrogen and oxygen atoms in total. The summed E-state index contributed by atoms with van der Waals surface area (Å²) in [5, 5.41) is 6.36. The van der Waals surface area contributed by atoms with Crippen molar-refractivity contribution in [2.24, 2.45) is 0 Å². The van der Waals surface area contributed by atoms with E-state index in [0.29, 0.717) is 21.2 Å². The number of benzene rings is 2. The lowest BCUT2D eigenvalue weighted by molar-refractivity contribution is 0.0896. The first-order chi connectivity index (χ1) is 12.7. The Morgan fingerprint density at radius 3 is 1.41 bits per heavy atom. The highest BCUT2D eigenvalue weighted by Crippen LogP contribution is 2.16. The van der Waals surface area contributed by atoms with Crippen LogP contribution in [0.1, 0.15) is 20.7 Å². The summed E-state index contributed by atoms with van der Waals surface area (Å²) in [5.41, 5.74) is 0.706. The number of sulfone groups is 1. The van der Waals surface area contributed by atoms with Crippen molar-refractivity contribution in [1.29, 1.82) is 0 Å². The zero-order chi connectivity index (χ0) is 19.6. The molecular formula is C18H16Cl2N2O4S. The van der Waals surface area contributed by atoms with Crippen LogP contribution in [0.2, 0.25) is 10.0 Å². The number of halogens is 2. The summed E-state index contributed by atoms with van der Waals surface area (Å²) in [7, 11) is -3.39. The number of rotatable bonds is 4. The molecule has 2 aromatic rings. The van der Waals surface area contributed by atoms with Crippen LogP contribution in [0.3, 0.4) is 0 Å². The predicted octanol–water partition coefficient (Wildman–Crippen LogP) is 2.32. The van der Waals surface area contributed by atoms with E-state index in [1.54, 1.807) is 48.5 Å². The number of carbonyl (C=O) groups is 2. The third kappa shape index (κ3) is 5.00. The first-order valence-electron chi connectivity index (χ1n) is 8.07. The third-order valence-electron chi connectivity index (χ3n) is 4.20. The van der Waals surface area contributed by atoms with E-state index in [4.69, 9.17) is 23.2 Å². The van der Waals surface area contributed by atoms with E-state index in [2.05, 4.69) is 10.6 Å². The smallest absolute Gasteiger partial charge is 0.251 e.